The van der Waals surface area contributed by atoms with E-state index in [-0.39, 0.29) is 17.4 Å². The second-order valence-electron chi connectivity index (χ2n) is 4.00. The van der Waals surface area contributed by atoms with Crippen molar-refractivity contribution in [2.75, 3.05) is 0 Å². The minimum atomic E-state index is -0.291. The molecule has 1 aromatic carbocycles. The topological polar surface area (TPSA) is 75.4 Å². The van der Waals surface area contributed by atoms with Gasteiger partial charge in [-0.2, -0.15) is 0 Å². The normalized spacial score (nSPS) is 10.3. The van der Waals surface area contributed by atoms with Crippen molar-refractivity contribution in [2.24, 2.45) is 0 Å². The van der Waals surface area contributed by atoms with Gasteiger partial charge in [0.25, 0.3) is 5.91 Å². The van der Waals surface area contributed by atoms with E-state index < -0.39 is 0 Å². The summed E-state index contributed by atoms with van der Waals surface area (Å²) in [6, 6.07) is 6.64. The monoisotopic (exact) mass is 246 g/mol. The number of carbonyl (C=O) groups is 1. The van der Waals surface area contributed by atoms with E-state index >= 15 is 0 Å². The third-order valence-electron chi connectivity index (χ3n) is 2.50. The average molecular weight is 246 g/mol. The van der Waals surface area contributed by atoms with Crippen LogP contribution >= 0.6 is 0 Å². The average Bonchev–Trinajstić information content (AvgIpc) is 2.67. The first-order valence-electron chi connectivity index (χ1n) is 5.56. The number of benzene rings is 1. The van der Waals surface area contributed by atoms with Gasteiger partial charge in [-0.3, -0.25) is 4.79 Å². The lowest BCUT2D eigenvalue weighted by atomic mass is 10.2. The van der Waals surface area contributed by atoms with Crippen LogP contribution in [0.1, 0.15) is 27.7 Å². The number of phenols is 1. The van der Waals surface area contributed by atoms with E-state index in [1.165, 1.54) is 0 Å². The standard InChI is InChI=1S/C13H14N2O3/c1-8-12(18-9(2)15-8)13(17)14-7-10-3-5-11(16)6-4-10/h3-6,16H,7H2,1-2H3,(H,14,17). The first-order chi connectivity index (χ1) is 8.56. The molecule has 18 heavy (non-hydrogen) atoms. The maximum atomic E-state index is 11.8. The second kappa shape index (κ2) is 4.91. The molecule has 2 rings (SSSR count). The Morgan fingerprint density at radius 1 is 1.33 bits per heavy atom. The smallest absolute Gasteiger partial charge is 0.289 e. The number of oxazole rings is 1. The van der Waals surface area contributed by atoms with Crippen molar-refractivity contribution in [3.63, 3.8) is 0 Å². The Bertz CT molecular complexity index is 558. The highest BCUT2D eigenvalue weighted by Crippen LogP contribution is 2.11. The molecule has 0 saturated heterocycles. The summed E-state index contributed by atoms with van der Waals surface area (Å²) in [6.45, 7) is 3.80. The van der Waals surface area contributed by atoms with Crippen molar-refractivity contribution in [1.82, 2.24) is 10.3 Å². The Kier molecular flexibility index (Phi) is 3.32. The van der Waals surface area contributed by atoms with Crippen molar-refractivity contribution in [2.45, 2.75) is 20.4 Å². The van der Waals surface area contributed by atoms with Crippen LogP contribution in [0.3, 0.4) is 0 Å². The van der Waals surface area contributed by atoms with E-state index in [4.69, 9.17) is 9.52 Å². The Balaban J connectivity index is 2.00. The Labute approximate surface area is 104 Å². The molecule has 5 nitrogen and oxygen atoms in total. The van der Waals surface area contributed by atoms with Gasteiger partial charge in [-0.15, -0.1) is 0 Å². The molecule has 0 bridgehead atoms. The molecule has 0 radical (unpaired) electrons. The molecular weight excluding hydrogens is 232 g/mol. The number of aryl methyl sites for hydroxylation is 2. The summed E-state index contributed by atoms with van der Waals surface area (Å²) in [5, 5.41) is 11.9. The van der Waals surface area contributed by atoms with E-state index in [1.807, 2.05) is 0 Å². The molecular formula is C13H14N2O3. The van der Waals surface area contributed by atoms with Gasteiger partial charge in [0.2, 0.25) is 5.76 Å². The van der Waals surface area contributed by atoms with Crippen molar-refractivity contribution in [3.8, 4) is 5.75 Å². The maximum absolute atomic E-state index is 11.8. The summed E-state index contributed by atoms with van der Waals surface area (Å²) in [4.78, 5) is 15.9. The van der Waals surface area contributed by atoms with Crippen LogP contribution < -0.4 is 5.32 Å². The summed E-state index contributed by atoms with van der Waals surface area (Å²) in [6.07, 6.45) is 0. The lowest BCUT2D eigenvalue weighted by molar-refractivity contribution is 0.0921. The molecule has 0 aliphatic rings. The summed E-state index contributed by atoms with van der Waals surface area (Å²) in [5.41, 5.74) is 1.48. The molecule has 0 atom stereocenters. The molecule has 0 saturated carbocycles. The number of hydrogen-bond acceptors (Lipinski definition) is 4. The van der Waals surface area contributed by atoms with Gasteiger partial charge in [-0.25, -0.2) is 4.98 Å². The van der Waals surface area contributed by atoms with E-state index in [0.29, 0.717) is 18.1 Å². The van der Waals surface area contributed by atoms with Crippen LogP contribution in [0, 0.1) is 13.8 Å². The third-order valence-corrected chi connectivity index (χ3v) is 2.50. The first kappa shape index (κ1) is 12.2. The van der Waals surface area contributed by atoms with Gasteiger partial charge in [0.1, 0.15) is 5.75 Å². The lowest BCUT2D eigenvalue weighted by Gasteiger charge is -2.03. The summed E-state index contributed by atoms with van der Waals surface area (Å²) < 4.78 is 5.22. The SMILES string of the molecule is Cc1nc(C)c(C(=O)NCc2ccc(O)cc2)o1. The third kappa shape index (κ3) is 2.68. The van der Waals surface area contributed by atoms with Gasteiger partial charge < -0.3 is 14.8 Å². The van der Waals surface area contributed by atoms with Crippen molar-refractivity contribution >= 4 is 5.91 Å². The highest BCUT2D eigenvalue weighted by atomic mass is 16.4. The largest absolute Gasteiger partial charge is 0.508 e. The van der Waals surface area contributed by atoms with Crippen molar-refractivity contribution in [1.29, 1.82) is 0 Å². The van der Waals surface area contributed by atoms with Crippen LogP contribution in [0.4, 0.5) is 0 Å². The minimum absolute atomic E-state index is 0.201. The molecule has 1 heterocycles. The Hall–Kier alpha value is -2.30. The van der Waals surface area contributed by atoms with Crippen LogP contribution in [0.5, 0.6) is 5.75 Å². The van der Waals surface area contributed by atoms with E-state index in [0.717, 1.165) is 5.56 Å². The zero-order valence-electron chi connectivity index (χ0n) is 10.2. The number of nitrogens with zero attached hydrogens (tertiary/aromatic N) is 1. The van der Waals surface area contributed by atoms with Crippen LogP contribution in [0.25, 0.3) is 0 Å². The molecule has 2 N–H and O–H groups in total. The van der Waals surface area contributed by atoms with Gasteiger partial charge in [-0.1, -0.05) is 12.1 Å². The zero-order chi connectivity index (χ0) is 13.1. The van der Waals surface area contributed by atoms with Crippen LogP contribution in [-0.4, -0.2) is 16.0 Å². The predicted octanol–water partition coefficient (Wildman–Crippen LogP) is 1.93. The van der Waals surface area contributed by atoms with Gasteiger partial charge in [0.15, 0.2) is 5.89 Å². The predicted molar refractivity (Wildman–Crippen MR) is 65.3 cm³/mol. The van der Waals surface area contributed by atoms with Gasteiger partial charge in [-0.05, 0) is 24.6 Å². The molecule has 0 fully saturated rings. The fraction of sp³-hybridized carbons (Fsp3) is 0.231. The number of aromatic hydroxyl groups is 1. The highest BCUT2D eigenvalue weighted by molar-refractivity contribution is 5.92. The molecule has 1 aromatic heterocycles. The lowest BCUT2D eigenvalue weighted by Crippen LogP contribution is -2.23. The number of rotatable bonds is 3. The molecule has 0 aliphatic carbocycles. The summed E-state index contributed by atoms with van der Waals surface area (Å²) in [5.74, 6) is 0.626. The number of amides is 1. The number of phenolic OH excluding ortho intramolecular Hbond substituents is 1. The number of hydrogen-bond donors (Lipinski definition) is 2. The van der Waals surface area contributed by atoms with Gasteiger partial charge in [0, 0.05) is 13.5 Å². The van der Waals surface area contributed by atoms with E-state index in [9.17, 15) is 4.79 Å². The van der Waals surface area contributed by atoms with Crippen LogP contribution in [0.2, 0.25) is 0 Å². The Morgan fingerprint density at radius 2 is 2.00 bits per heavy atom. The first-order valence-corrected chi connectivity index (χ1v) is 5.56. The van der Waals surface area contributed by atoms with Crippen LogP contribution in [-0.2, 0) is 6.54 Å². The number of carbonyl (C=O) groups excluding carboxylic acids is 1. The molecule has 0 spiro atoms. The molecule has 0 aliphatic heterocycles. The van der Waals surface area contributed by atoms with E-state index in [2.05, 4.69) is 10.3 Å². The highest BCUT2D eigenvalue weighted by Gasteiger charge is 2.15. The molecule has 5 heteroatoms. The Morgan fingerprint density at radius 3 is 2.56 bits per heavy atom. The van der Waals surface area contributed by atoms with Gasteiger partial charge >= 0.3 is 0 Å². The fourth-order valence-corrected chi connectivity index (χ4v) is 1.62. The summed E-state index contributed by atoms with van der Waals surface area (Å²) in [7, 11) is 0. The minimum Gasteiger partial charge on any atom is -0.508 e. The maximum Gasteiger partial charge on any atom is 0.289 e. The van der Waals surface area contributed by atoms with E-state index in [1.54, 1.807) is 38.1 Å². The number of nitrogens with one attached hydrogen (secondary N) is 1. The molecule has 1 amide bonds. The molecule has 2 aromatic rings. The van der Waals surface area contributed by atoms with Gasteiger partial charge in [0.05, 0.1) is 5.69 Å². The second-order valence-corrected chi connectivity index (χ2v) is 4.00. The molecule has 0 unspecified atom stereocenters. The van der Waals surface area contributed by atoms with Crippen molar-refractivity contribution in [3.05, 3.63) is 47.2 Å². The zero-order valence-corrected chi connectivity index (χ0v) is 10.2. The number of aromatic nitrogens is 1. The molecule has 94 valence electrons. The quantitative estimate of drug-likeness (QED) is 0.867. The van der Waals surface area contributed by atoms with Crippen LogP contribution in [0.15, 0.2) is 28.7 Å². The van der Waals surface area contributed by atoms with Crippen molar-refractivity contribution < 1.29 is 14.3 Å². The fourth-order valence-electron chi connectivity index (χ4n) is 1.62. The summed E-state index contributed by atoms with van der Waals surface area (Å²) >= 11 is 0.